The second-order valence-corrected chi connectivity index (χ2v) is 8.96. The van der Waals surface area contributed by atoms with Crippen molar-refractivity contribution < 1.29 is 28.6 Å². The van der Waals surface area contributed by atoms with Gasteiger partial charge in [-0.1, -0.05) is 39.8 Å². The van der Waals surface area contributed by atoms with Gasteiger partial charge in [0.05, 0.1) is 5.92 Å². The fraction of sp³-hybridized carbons (Fsp3) is 0.542. The zero-order chi connectivity index (χ0) is 22.4. The second kappa shape index (κ2) is 7.89. The van der Waals surface area contributed by atoms with Crippen molar-refractivity contribution in [2.75, 3.05) is 0 Å². The zero-order valence-electron chi connectivity index (χ0n) is 18.5. The van der Waals surface area contributed by atoms with Crippen molar-refractivity contribution >= 4 is 18.2 Å². The zero-order valence-corrected chi connectivity index (χ0v) is 18.5. The molecule has 1 aliphatic heterocycles. The smallest absolute Gasteiger partial charge is 0.308 e. The number of hydrogen-bond acceptors (Lipinski definition) is 6. The van der Waals surface area contributed by atoms with Gasteiger partial charge < -0.3 is 14.2 Å². The molecule has 0 N–H and O–H groups in total. The number of benzene rings is 1. The molecule has 1 saturated carbocycles. The van der Waals surface area contributed by atoms with Crippen LogP contribution in [0.15, 0.2) is 18.2 Å². The highest BCUT2D eigenvalue weighted by Gasteiger charge is 2.55. The Morgan fingerprint density at radius 1 is 1.30 bits per heavy atom. The second-order valence-electron chi connectivity index (χ2n) is 8.96. The van der Waals surface area contributed by atoms with Gasteiger partial charge in [-0.2, -0.15) is 0 Å². The van der Waals surface area contributed by atoms with Crippen LogP contribution >= 0.6 is 0 Å². The van der Waals surface area contributed by atoms with Crippen LogP contribution in [0.25, 0.3) is 0 Å². The van der Waals surface area contributed by atoms with E-state index in [9.17, 15) is 14.4 Å². The quantitative estimate of drug-likeness (QED) is 0.308. The number of hydrogen-bond donors (Lipinski definition) is 0. The molecule has 30 heavy (non-hydrogen) atoms. The molecule has 162 valence electrons. The topological polar surface area (TPSA) is 78.9 Å². The van der Waals surface area contributed by atoms with E-state index in [4.69, 9.17) is 14.2 Å². The van der Waals surface area contributed by atoms with Crippen molar-refractivity contribution in [2.45, 2.75) is 72.0 Å². The third kappa shape index (κ3) is 3.53. The molecule has 0 saturated heterocycles. The van der Waals surface area contributed by atoms with Gasteiger partial charge in [-0.15, -0.1) is 0 Å². The van der Waals surface area contributed by atoms with Crippen LogP contribution in [0.1, 0.15) is 81.8 Å². The molecule has 6 heteroatoms. The highest BCUT2D eigenvalue weighted by Crippen LogP contribution is 2.59. The molecule has 3 rings (SSSR count). The highest BCUT2D eigenvalue weighted by atomic mass is 16.7. The molecule has 1 fully saturated rings. The fourth-order valence-electron chi connectivity index (χ4n) is 4.92. The monoisotopic (exact) mass is 414 g/mol. The first-order chi connectivity index (χ1) is 14.0. The molecule has 6 nitrogen and oxygen atoms in total. The summed E-state index contributed by atoms with van der Waals surface area (Å²) in [5.74, 6) is -0.461. The Morgan fingerprint density at radius 2 is 1.97 bits per heavy atom. The van der Waals surface area contributed by atoms with Crippen LogP contribution in [0.4, 0.5) is 0 Å². The number of ether oxygens (including phenoxy) is 3. The van der Waals surface area contributed by atoms with Gasteiger partial charge in [0.15, 0.2) is 17.8 Å². The van der Waals surface area contributed by atoms with E-state index in [-0.39, 0.29) is 17.8 Å². The van der Waals surface area contributed by atoms with E-state index in [2.05, 4.69) is 13.5 Å². The molecular weight excluding hydrogens is 384 g/mol. The number of carbonyl (C=O) groups excluding carboxylic acids is 3. The Kier molecular flexibility index (Phi) is 5.81. The molecule has 2 aliphatic rings. The predicted molar refractivity (Wildman–Crippen MR) is 112 cm³/mol. The molecule has 1 aromatic rings. The van der Waals surface area contributed by atoms with Gasteiger partial charge in [-0.05, 0) is 30.7 Å². The van der Waals surface area contributed by atoms with Crippen LogP contribution in [0.5, 0.6) is 11.5 Å². The van der Waals surface area contributed by atoms with Crippen LogP contribution in [0, 0.1) is 11.8 Å². The summed E-state index contributed by atoms with van der Waals surface area (Å²) in [6.45, 7) is 15.0. The lowest BCUT2D eigenvalue weighted by atomic mass is 9.57. The predicted octanol–water partition coefficient (Wildman–Crippen LogP) is 4.69. The summed E-state index contributed by atoms with van der Waals surface area (Å²) in [6, 6.07) is 1.79. The molecule has 1 heterocycles. The van der Waals surface area contributed by atoms with Gasteiger partial charge in [0, 0.05) is 36.0 Å². The average molecular weight is 414 g/mol. The number of esters is 2. The summed E-state index contributed by atoms with van der Waals surface area (Å²) in [4.78, 5) is 35.9. The van der Waals surface area contributed by atoms with Gasteiger partial charge in [-0.25, -0.2) is 0 Å². The summed E-state index contributed by atoms with van der Waals surface area (Å²) < 4.78 is 17.4. The Bertz CT molecular complexity index is 915. The molecule has 1 aromatic carbocycles. The van der Waals surface area contributed by atoms with Crippen LogP contribution in [-0.2, 0) is 19.7 Å². The molecule has 4 unspecified atom stereocenters. The molecule has 0 amide bonds. The lowest BCUT2D eigenvalue weighted by molar-refractivity contribution is -0.176. The van der Waals surface area contributed by atoms with Gasteiger partial charge >= 0.3 is 11.9 Å². The normalized spacial score (nSPS) is 27.6. The van der Waals surface area contributed by atoms with E-state index in [1.165, 1.54) is 13.8 Å². The van der Waals surface area contributed by atoms with Crippen molar-refractivity contribution in [1.29, 1.82) is 0 Å². The molecule has 0 radical (unpaired) electrons. The number of fused-ring (bicyclic) bond motifs is 3. The minimum Gasteiger partial charge on any atom is -0.450 e. The maximum Gasteiger partial charge on any atom is 0.308 e. The van der Waals surface area contributed by atoms with Crippen molar-refractivity contribution in [1.82, 2.24) is 0 Å². The van der Waals surface area contributed by atoms with Crippen molar-refractivity contribution in [2.24, 2.45) is 11.8 Å². The maximum atomic E-state index is 12.1. The maximum absolute atomic E-state index is 12.1. The van der Waals surface area contributed by atoms with Gasteiger partial charge in [0.1, 0.15) is 0 Å². The van der Waals surface area contributed by atoms with E-state index < -0.39 is 23.6 Å². The molecule has 1 aliphatic carbocycles. The van der Waals surface area contributed by atoms with Gasteiger partial charge in [0.2, 0.25) is 0 Å². The fourth-order valence-corrected chi connectivity index (χ4v) is 4.92. The van der Waals surface area contributed by atoms with Crippen LogP contribution in [0.2, 0.25) is 0 Å². The van der Waals surface area contributed by atoms with Crippen molar-refractivity contribution in [3.63, 3.8) is 0 Å². The summed E-state index contributed by atoms with van der Waals surface area (Å²) in [7, 11) is 0. The Hall–Kier alpha value is -2.63. The Morgan fingerprint density at radius 3 is 2.50 bits per heavy atom. The standard InChI is InChI=1S/C24H30O6/c1-12(2)18-10-17(11-25)20-22(21(18)28-15(5)26)30-23(29-16(6)27)19-14(4)13(3)8-9-24(19,20)7/h10-13,19,23H,4,8-9H2,1-3,5-7H3. The number of rotatable bonds is 4. The third-order valence-corrected chi connectivity index (χ3v) is 6.46. The summed E-state index contributed by atoms with van der Waals surface area (Å²) in [5.41, 5.74) is 2.26. The van der Waals surface area contributed by atoms with Crippen LogP contribution in [-0.4, -0.2) is 24.5 Å². The van der Waals surface area contributed by atoms with Crippen molar-refractivity contribution in [3.05, 3.63) is 34.9 Å². The minimum absolute atomic E-state index is 0.0222. The average Bonchev–Trinajstić information content (AvgIpc) is 2.64. The Labute approximate surface area is 177 Å². The third-order valence-electron chi connectivity index (χ3n) is 6.46. The molecular formula is C24H30O6. The van der Waals surface area contributed by atoms with Crippen molar-refractivity contribution in [3.8, 4) is 11.5 Å². The van der Waals surface area contributed by atoms with Gasteiger partial charge in [0.25, 0.3) is 6.29 Å². The van der Waals surface area contributed by atoms with E-state index in [1.54, 1.807) is 6.07 Å². The molecule has 0 bridgehead atoms. The summed E-state index contributed by atoms with van der Waals surface area (Å²) in [6.07, 6.45) is 1.55. The SMILES string of the molecule is C=C1C(C)CCC2(C)c3c(C=O)cc(C(C)C)c(OC(C)=O)c3OC(OC(C)=O)C12. The van der Waals surface area contributed by atoms with Crippen LogP contribution in [0.3, 0.4) is 0 Å². The summed E-state index contributed by atoms with van der Waals surface area (Å²) >= 11 is 0. The van der Waals surface area contributed by atoms with E-state index in [0.717, 1.165) is 24.7 Å². The van der Waals surface area contributed by atoms with Crippen LogP contribution < -0.4 is 9.47 Å². The number of aldehydes is 1. The molecule has 0 spiro atoms. The van der Waals surface area contributed by atoms with E-state index in [0.29, 0.717) is 28.2 Å². The lowest BCUT2D eigenvalue weighted by Gasteiger charge is -2.52. The Balaban J connectivity index is 2.35. The first-order valence-electron chi connectivity index (χ1n) is 10.4. The van der Waals surface area contributed by atoms with E-state index in [1.807, 2.05) is 20.8 Å². The number of carbonyl (C=O) groups is 3. The first kappa shape index (κ1) is 22.1. The van der Waals surface area contributed by atoms with Gasteiger partial charge in [-0.3, -0.25) is 14.4 Å². The molecule has 0 aromatic heterocycles. The summed E-state index contributed by atoms with van der Waals surface area (Å²) in [5, 5.41) is 0. The molecule has 4 atom stereocenters. The highest BCUT2D eigenvalue weighted by molar-refractivity contribution is 5.84. The minimum atomic E-state index is -0.911. The first-order valence-corrected chi connectivity index (χ1v) is 10.4. The lowest BCUT2D eigenvalue weighted by Crippen LogP contribution is -2.52. The largest absolute Gasteiger partial charge is 0.450 e. The van der Waals surface area contributed by atoms with E-state index >= 15 is 0 Å².